The van der Waals surface area contributed by atoms with Gasteiger partial charge in [0.05, 0.1) is 12.0 Å². The van der Waals surface area contributed by atoms with Gasteiger partial charge < -0.3 is 15.5 Å². The number of nitrogens with one attached hydrogen (secondary N) is 2. The summed E-state index contributed by atoms with van der Waals surface area (Å²) in [5.74, 6) is 0.340. The van der Waals surface area contributed by atoms with Crippen molar-refractivity contribution in [2.75, 3.05) is 23.7 Å². The summed E-state index contributed by atoms with van der Waals surface area (Å²) in [5.41, 5.74) is 4.70. The molecular formula is C27H31N5O2. The lowest BCUT2D eigenvalue weighted by molar-refractivity contribution is -0.128. The van der Waals surface area contributed by atoms with Gasteiger partial charge >= 0.3 is 0 Å². The van der Waals surface area contributed by atoms with Crippen molar-refractivity contribution in [1.29, 1.82) is 0 Å². The van der Waals surface area contributed by atoms with Crippen molar-refractivity contribution < 1.29 is 9.59 Å². The van der Waals surface area contributed by atoms with Crippen molar-refractivity contribution >= 4 is 23.2 Å². The van der Waals surface area contributed by atoms with Crippen LogP contribution in [0.1, 0.15) is 42.2 Å². The molecule has 2 heterocycles. The van der Waals surface area contributed by atoms with Gasteiger partial charge in [0.1, 0.15) is 0 Å². The van der Waals surface area contributed by atoms with Crippen molar-refractivity contribution in [3.8, 4) is 0 Å². The zero-order valence-electron chi connectivity index (χ0n) is 19.9. The van der Waals surface area contributed by atoms with E-state index in [0.29, 0.717) is 18.8 Å². The number of amides is 2. The second-order valence-corrected chi connectivity index (χ2v) is 8.92. The quantitative estimate of drug-likeness (QED) is 0.527. The van der Waals surface area contributed by atoms with Gasteiger partial charge in [-0.05, 0) is 63.1 Å². The molecule has 2 N–H and O–H groups in total. The van der Waals surface area contributed by atoms with E-state index in [4.69, 9.17) is 0 Å². The number of hydrogen-bond donors (Lipinski definition) is 2. The Kier molecular flexibility index (Phi) is 7.21. The number of rotatable bonds is 8. The van der Waals surface area contributed by atoms with Crippen LogP contribution in [-0.4, -0.2) is 39.8 Å². The number of aryl methyl sites for hydroxylation is 2. The van der Waals surface area contributed by atoms with E-state index in [2.05, 4.69) is 32.7 Å². The summed E-state index contributed by atoms with van der Waals surface area (Å²) in [6, 6.07) is 19.5. The first kappa shape index (κ1) is 23.4. The summed E-state index contributed by atoms with van der Waals surface area (Å²) in [7, 11) is 0. The van der Waals surface area contributed by atoms with E-state index >= 15 is 0 Å². The molecule has 1 aliphatic rings. The maximum Gasteiger partial charge on any atom is 0.229 e. The van der Waals surface area contributed by atoms with E-state index < -0.39 is 0 Å². The highest BCUT2D eigenvalue weighted by atomic mass is 16.2. The van der Waals surface area contributed by atoms with Gasteiger partial charge in [-0.3, -0.25) is 9.59 Å². The molecule has 0 spiro atoms. The first-order valence-electron chi connectivity index (χ1n) is 11.7. The molecule has 0 saturated carbocycles. The number of likely N-dealkylation sites (tertiary alicyclic amines) is 1. The monoisotopic (exact) mass is 457 g/mol. The molecule has 1 aliphatic heterocycles. The van der Waals surface area contributed by atoms with E-state index in [-0.39, 0.29) is 30.2 Å². The Labute approximate surface area is 200 Å². The van der Waals surface area contributed by atoms with Crippen LogP contribution < -0.4 is 10.6 Å². The highest BCUT2D eigenvalue weighted by Gasteiger charge is 2.34. The van der Waals surface area contributed by atoms with Crippen molar-refractivity contribution in [2.45, 2.75) is 39.7 Å². The topological polar surface area (TPSA) is 87.2 Å². The fourth-order valence-electron chi connectivity index (χ4n) is 4.23. The summed E-state index contributed by atoms with van der Waals surface area (Å²) in [5, 5.41) is 6.35. The maximum absolute atomic E-state index is 12.8. The minimum absolute atomic E-state index is 0.0400. The number of carbonyl (C=O) groups is 2. The standard InChI is InChI=1S/C27H31N5O2/c1-18-15-19(2)29-26(28-18)20(3)30-23-9-11-24(12-10-23)31-27(34)22-16-25(33)32(17-22)14-13-21-7-5-4-6-8-21/h4-12,15,20,22,30H,13-14,16-17H2,1-3H3,(H,31,34). The third-order valence-corrected chi connectivity index (χ3v) is 6.02. The Bertz CT molecular complexity index is 1130. The lowest BCUT2D eigenvalue weighted by Crippen LogP contribution is -2.30. The number of nitrogens with zero attached hydrogens (tertiary/aromatic N) is 3. The predicted octanol–water partition coefficient (Wildman–Crippen LogP) is 4.30. The third kappa shape index (κ3) is 5.98. The van der Waals surface area contributed by atoms with Crippen LogP contribution in [0.15, 0.2) is 60.7 Å². The predicted molar refractivity (Wildman–Crippen MR) is 133 cm³/mol. The second-order valence-electron chi connectivity index (χ2n) is 8.92. The molecular weight excluding hydrogens is 426 g/mol. The Morgan fingerprint density at radius 1 is 1.03 bits per heavy atom. The second kappa shape index (κ2) is 10.5. The first-order chi connectivity index (χ1) is 16.4. The molecule has 7 nitrogen and oxygen atoms in total. The number of aromatic nitrogens is 2. The summed E-state index contributed by atoms with van der Waals surface area (Å²) in [6.07, 6.45) is 1.05. The van der Waals surface area contributed by atoms with Gasteiger partial charge in [-0.1, -0.05) is 30.3 Å². The lowest BCUT2D eigenvalue weighted by atomic mass is 10.1. The summed E-state index contributed by atoms with van der Waals surface area (Å²) in [6.45, 7) is 7.04. The van der Waals surface area contributed by atoms with E-state index in [1.807, 2.05) is 69.3 Å². The van der Waals surface area contributed by atoms with Crippen LogP contribution in [0.4, 0.5) is 11.4 Å². The minimum Gasteiger partial charge on any atom is -0.375 e. The van der Waals surface area contributed by atoms with Crippen LogP contribution in [0, 0.1) is 19.8 Å². The molecule has 1 aromatic heterocycles. The van der Waals surface area contributed by atoms with Gasteiger partial charge in [0.2, 0.25) is 11.8 Å². The molecule has 1 fully saturated rings. The molecule has 3 aromatic rings. The van der Waals surface area contributed by atoms with E-state index in [0.717, 1.165) is 29.3 Å². The molecule has 1 saturated heterocycles. The van der Waals surface area contributed by atoms with Gasteiger partial charge in [-0.15, -0.1) is 0 Å². The minimum atomic E-state index is -0.331. The van der Waals surface area contributed by atoms with Gasteiger partial charge in [0.25, 0.3) is 0 Å². The van der Waals surface area contributed by atoms with E-state index in [1.54, 1.807) is 4.90 Å². The normalized spacial score (nSPS) is 16.4. The van der Waals surface area contributed by atoms with Gasteiger partial charge in [-0.2, -0.15) is 0 Å². The zero-order chi connectivity index (χ0) is 24.1. The van der Waals surface area contributed by atoms with Crippen molar-refractivity contribution in [3.05, 3.63) is 83.4 Å². The fourth-order valence-corrected chi connectivity index (χ4v) is 4.23. The third-order valence-electron chi connectivity index (χ3n) is 6.02. The van der Waals surface area contributed by atoms with Crippen LogP contribution in [0.25, 0.3) is 0 Å². The van der Waals surface area contributed by atoms with Gasteiger partial charge in [0, 0.05) is 42.3 Å². The Hall–Kier alpha value is -3.74. The van der Waals surface area contributed by atoms with Crippen molar-refractivity contribution in [3.63, 3.8) is 0 Å². The molecule has 7 heteroatoms. The van der Waals surface area contributed by atoms with Crippen LogP contribution in [0.5, 0.6) is 0 Å². The van der Waals surface area contributed by atoms with Gasteiger partial charge in [0.15, 0.2) is 5.82 Å². The van der Waals surface area contributed by atoms with Crippen molar-refractivity contribution in [2.24, 2.45) is 5.92 Å². The largest absolute Gasteiger partial charge is 0.375 e. The number of carbonyl (C=O) groups excluding carboxylic acids is 2. The Morgan fingerprint density at radius 3 is 2.35 bits per heavy atom. The zero-order valence-corrected chi connectivity index (χ0v) is 19.9. The number of anilines is 2. The van der Waals surface area contributed by atoms with Crippen LogP contribution in [0.3, 0.4) is 0 Å². The highest BCUT2D eigenvalue weighted by molar-refractivity contribution is 5.97. The summed E-state index contributed by atoms with van der Waals surface area (Å²) in [4.78, 5) is 36.0. The Morgan fingerprint density at radius 2 is 1.68 bits per heavy atom. The fraction of sp³-hybridized carbons (Fsp3) is 0.333. The molecule has 2 unspecified atom stereocenters. The smallest absolute Gasteiger partial charge is 0.229 e. The maximum atomic E-state index is 12.8. The number of benzene rings is 2. The van der Waals surface area contributed by atoms with E-state index in [1.165, 1.54) is 5.56 Å². The molecule has 2 atom stereocenters. The highest BCUT2D eigenvalue weighted by Crippen LogP contribution is 2.23. The first-order valence-corrected chi connectivity index (χ1v) is 11.7. The van der Waals surface area contributed by atoms with Crippen molar-refractivity contribution in [1.82, 2.24) is 14.9 Å². The molecule has 0 aliphatic carbocycles. The van der Waals surface area contributed by atoms with E-state index in [9.17, 15) is 9.59 Å². The average molecular weight is 458 g/mol. The van der Waals surface area contributed by atoms with Crippen LogP contribution in [-0.2, 0) is 16.0 Å². The molecule has 2 amide bonds. The Balaban J connectivity index is 1.29. The molecule has 0 bridgehead atoms. The average Bonchev–Trinajstić information content (AvgIpc) is 3.19. The summed E-state index contributed by atoms with van der Waals surface area (Å²) >= 11 is 0. The molecule has 2 aromatic carbocycles. The lowest BCUT2D eigenvalue weighted by Gasteiger charge is -2.17. The molecule has 0 radical (unpaired) electrons. The SMILES string of the molecule is Cc1cc(C)nc(C(C)Nc2ccc(NC(=O)C3CC(=O)N(CCc4ccccc4)C3)cc2)n1. The molecule has 4 rings (SSSR count). The van der Waals surface area contributed by atoms with Crippen LogP contribution >= 0.6 is 0 Å². The van der Waals surface area contributed by atoms with Gasteiger partial charge in [-0.25, -0.2) is 9.97 Å². The van der Waals surface area contributed by atoms with Crippen LogP contribution in [0.2, 0.25) is 0 Å². The molecule has 176 valence electrons. The molecule has 34 heavy (non-hydrogen) atoms. The summed E-state index contributed by atoms with van der Waals surface area (Å²) < 4.78 is 0. The number of hydrogen-bond acceptors (Lipinski definition) is 5.